The zero-order chi connectivity index (χ0) is 22.2. The molecule has 0 aliphatic rings. The minimum Gasteiger partial charge on any atom is -0.480 e. The number of carbonyl (C=O) groups excluding carboxylic acids is 1. The molecule has 158 valence electrons. The molecule has 5 nitrogen and oxygen atoms in total. The fourth-order valence-electron chi connectivity index (χ4n) is 2.84. The van der Waals surface area contributed by atoms with E-state index in [2.05, 4.69) is 4.99 Å². The number of thiazole rings is 1. The fourth-order valence-corrected chi connectivity index (χ4v) is 3.91. The summed E-state index contributed by atoms with van der Waals surface area (Å²) in [6.45, 7) is 1.55. The third-order valence-electron chi connectivity index (χ3n) is 4.31. The van der Waals surface area contributed by atoms with Crippen LogP contribution in [0.1, 0.15) is 35.3 Å². The number of benzene rings is 2. The maximum atomic E-state index is 13.7. The number of amides is 1. The van der Waals surface area contributed by atoms with Gasteiger partial charge in [-0.05, 0) is 36.8 Å². The Morgan fingerprint density at radius 2 is 1.73 bits per heavy atom. The largest absolute Gasteiger partial charge is 0.480 e. The van der Waals surface area contributed by atoms with Crippen LogP contribution in [0.5, 0.6) is 0 Å². The topological polar surface area (TPSA) is 71.7 Å². The summed E-state index contributed by atoms with van der Waals surface area (Å²) in [7, 11) is 0. The van der Waals surface area contributed by atoms with Gasteiger partial charge < -0.3 is 9.67 Å². The van der Waals surface area contributed by atoms with Gasteiger partial charge in [0.2, 0.25) is 0 Å². The number of carboxylic acids is 1. The monoisotopic (exact) mass is 444 g/mol. The minimum atomic E-state index is -4.57. The van der Waals surface area contributed by atoms with Crippen molar-refractivity contribution < 1.29 is 36.6 Å². The zero-order valence-corrected chi connectivity index (χ0v) is 16.0. The molecule has 1 unspecified atom stereocenters. The van der Waals surface area contributed by atoms with Crippen LogP contribution in [-0.4, -0.2) is 21.6 Å². The second kappa shape index (κ2) is 7.98. The van der Waals surface area contributed by atoms with Gasteiger partial charge in [0.15, 0.2) is 16.4 Å². The summed E-state index contributed by atoms with van der Waals surface area (Å²) in [5.74, 6) is -4.55. The molecule has 30 heavy (non-hydrogen) atoms. The number of aliphatic carboxylic acids is 1. The first-order chi connectivity index (χ1) is 14.0. The minimum absolute atomic E-state index is 0.0344. The van der Waals surface area contributed by atoms with Crippen molar-refractivity contribution in [1.82, 2.24) is 4.57 Å². The molecule has 1 N–H and O–H groups in total. The molecule has 3 rings (SSSR count). The van der Waals surface area contributed by atoms with Gasteiger partial charge in [-0.25, -0.2) is 13.6 Å². The van der Waals surface area contributed by atoms with Gasteiger partial charge >= 0.3 is 12.1 Å². The molecular formula is C19H13F5N2O3S. The summed E-state index contributed by atoms with van der Waals surface area (Å²) in [6.07, 6.45) is -4.51. The first-order valence-corrected chi connectivity index (χ1v) is 9.33. The van der Waals surface area contributed by atoms with E-state index in [1.165, 1.54) is 0 Å². The summed E-state index contributed by atoms with van der Waals surface area (Å²) in [6, 6.07) is 3.79. The van der Waals surface area contributed by atoms with Crippen LogP contribution in [0.15, 0.2) is 41.4 Å². The van der Waals surface area contributed by atoms with Crippen molar-refractivity contribution in [2.45, 2.75) is 25.6 Å². The number of carboxylic acid groups (broad SMARTS) is 1. The molecule has 0 saturated carbocycles. The Labute approximate surface area is 169 Å². The van der Waals surface area contributed by atoms with Gasteiger partial charge in [0.1, 0.15) is 6.04 Å². The number of nitrogens with zero attached hydrogens (tertiary/aromatic N) is 2. The van der Waals surface area contributed by atoms with Crippen molar-refractivity contribution >= 4 is 33.4 Å². The second-order valence-corrected chi connectivity index (χ2v) is 7.25. The highest BCUT2D eigenvalue weighted by atomic mass is 32.1. The lowest BCUT2D eigenvalue weighted by Gasteiger charge is -2.13. The van der Waals surface area contributed by atoms with E-state index in [-0.39, 0.29) is 27.0 Å². The van der Waals surface area contributed by atoms with E-state index in [0.717, 1.165) is 52.3 Å². The Bertz CT molecular complexity index is 1200. The normalized spacial score (nSPS) is 13.6. The number of halogens is 5. The maximum absolute atomic E-state index is 13.7. The molecule has 3 aromatic rings. The van der Waals surface area contributed by atoms with Gasteiger partial charge in [-0.3, -0.25) is 4.79 Å². The van der Waals surface area contributed by atoms with Gasteiger partial charge in [-0.15, -0.1) is 0 Å². The highest BCUT2D eigenvalue weighted by Gasteiger charge is 2.30. The van der Waals surface area contributed by atoms with Crippen LogP contribution >= 0.6 is 11.3 Å². The average molecular weight is 444 g/mol. The highest BCUT2D eigenvalue weighted by molar-refractivity contribution is 7.16. The second-order valence-electron chi connectivity index (χ2n) is 6.24. The van der Waals surface area contributed by atoms with Crippen molar-refractivity contribution in [3.8, 4) is 0 Å². The van der Waals surface area contributed by atoms with Gasteiger partial charge in [0, 0.05) is 11.6 Å². The summed E-state index contributed by atoms with van der Waals surface area (Å²) >= 11 is 0.764. The molecule has 0 aliphatic carbocycles. The lowest BCUT2D eigenvalue weighted by Crippen LogP contribution is -2.27. The van der Waals surface area contributed by atoms with E-state index >= 15 is 0 Å². The molecule has 1 atom stereocenters. The van der Waals surface area contributed by atoms with Crippen molar-refractivity contribution in [2.24, 2.45) is 4.99 Å². The molecule has 0 saturated heterocycles. The Hall–Kier alpha value is -3.08. The predicted octanol–water partition coefficient (Wildman–Crippen LogP) is 4.78. The number of rotatable bonds is 4. The Morgan fingerprint density at radius 1 is 1.13 bits per heavy atom. The molecule has 1 aromatic heterocycles. The average Bonchev–Trinajstić information content (AvgIpc) is 2.99. The number of hydrogen-bond donors (Lipinski definition) is 1. The number of hydrogen-bond acceptors (Lipinski definition) is 3. The summed E-state index contributed by atoms with van der Waals surface area (Å²) in [4.78, 5) is 27.8. The van der Waals surface area contributed by atoms with Crippen molar-refractivity contribution in [1.29, 1.82) is 0 Å². The van der Waals surface area contributed by atoms with Crippen LogP contribution in [0.3, 0.4) is 0 Å². The van der Waals surface area contributed by atoms with E-state index in [9.17, 15) is 36.6 Å². The van der Waals surface area contributed by atoms with Crippen LogP contribution in [-0.2, 0) is 11.0 Å². The van der Waals surface area contributed by atoms with E-state index < -0.39 is 41.3 Å². The van der Waals surface area contributed by atoms with Gasteiger partial charge in [-0.1, -0.05) is 18.3 Å². The predicted molar refractivity (Wildman–Crippen MR) is 98.0 cm³/mol. The first kappa shape index (κ1) is 21.6. The smallest absolute Gasteiger partial charge is 0.416 e. The quantitative estimate of drug-likeness (QED) is 0.589. The Morgan fingerprint density at radius 3 is 2.27 bits per heavy atom. The maximum Gasteiger partial charge on any atom is 0.416 e. The molecular weight excluding hydrogens is 431 g/mol. The number of alkyl halides is 3. The van der Waals surface area contributed by atoms with Gasteiger partial charge in [-0.2, -0.15) is 18.2 Å². The van der Waals surface area contributed by atoms with Crippen molar-refractivity contribution in [3.05, 3.63) is 64.0 Å². The zero-order valence-electron chi connectivity index (χ0n) is 15.2. The molecule has 11 heteroatoms. The third-order valence-corrected chi connectivity index (χ3v) is 5.33. The molecule has 1 heterocycles. The number of carbonyl (C=O) groups is 2. The summed E-state index contributed by atoms with van der Waals surface area (Å²) < 4.78 is 66.7. The SMILES string of the molecule is CCC(C(=O)O)n1/c(=N/C(=O)c2ccc(C(F)(F)F)cc2)sc2cc(F)c(F)cc21. The molecule has 0 fully saturated rings. The number of fused-ring (bicyclic) bond motifs is 1. The fraction of sp³-hybridized carbons (Fsp3) is 0.211. The molecule has 0 bridgehead atoms. The van der Waals surface area contributed by atoms with E-state index in [0.29, 0.717) is 0 Å². The number of aromatic nitrogens is 1. The third kappa shape index (κ3) is 4.11. The van der Waals surface area contributed by atoms with Gasteiger partial charge in [0.05, 0.1) is 15.8 Å². The summed E-state index contributed by atoms with van der Waals surface area (Å²) in [5.41, 5.74) is -1.07. The van der Waals surface area contributed by atoms with Crippen molar-refractivity contribution in [3.63, 3.8) is 0 Å². The first-order valence-electron chi connectivity index (χ1n) is 8.52. The van der Waals surface area contributed by atoms with Crippen molar-refractivity contribution in [2.75, 3.05) is 0 Å². The van der Waals surface area contributed by atoms with E-state index in [1.807, 2.05) is 0 Å². The van der Waals surface area contributed by atoms with Crippen LogP contribution in [0.2, 0.25) is 0 Å². The van der Waals surface area contributed by atoms with Crippen LogP contribution in [0, 0.1) is 11.6 Å². The lowest BCUT2D eigenvalue weighted by atomic mass is 10.1. The summed E-state index contributed by atoms with van der Waals surface area (Å²) in [5, 5.41) is 9.49. The molecule has 0 aliphatic heterocycles. The van der Waals surface area contributed by atoms with Crippen LogP contribution < -0.4 is 4.80 Å². The highest BCUT2D eigenvalue weighted by Crippen LogP contribution is 2.29. The van der Waals surface area contributed by atoms with Crippen LogP contribution in [0.4, 0.5) is 22.0 Å². The standard InChI is InChI=1S/C19H13F5N2O3S/c1-2-13(17(28)29)26-14-7-11(20)12(21)8-15(14)30-18(26)25-16(27)9-3-5-10(6-4-9)19(22,23)24/h3-8,13H,2H2,1H3,(H,28,29)/b25-18-. The molecule has 0 spiro atoms. The molecule has 2 aromatic carbocycles. The molecule has 1 amide bonds. The van der Waals surface area contributed by atoms with Crippen LogP contribution in [0.25, 0.3) is 10.2 Å². The molecule has 0 radical (unpaired) electrons. The van der Waals surface area contributed by atoms with E-state index in [4.69, 9.17) is 0 Å². The van der Waals surface area contributed by atoms with E-state index in [1.54, 1.807) is 6.92 Å². The lowest BCUT2D eigenvalue weighted by molar-refractivity contribution is -0.141. The van der Waals surface area contributed by atoms with Gasteiger partial charge in [0.25, 0.3) is 5.91 Å². The Kier molecular flexibility index (Phi) is 5.75. The Balaban J connectivity index is 2.17.